The molecular formula is C18H24N6O. The third-order valence-corrected chi connectivity index (χ3v) is 4.75. The van der Waals surface area contributed by atoms with Gasteiger partial charge in [0.1, 0.15) is 5.82 Å². The maximum Gasteiger partial charge on any atom is 0.227 e. The topological polar surface area (TPSA) is 57.6 Å². The molecule has 2 aromatic heterocycles. The Hall–Kier alpha value is -2.25. The SMILES string of the molecule is c1cncc(CN2CCN(c3nccc(N4CCOCC4)n3)CC2)c1. The van der Waals surface area contributed by atoms with E-state index in [1.165, 1.54) is 5.56 Å². The fourth-order valence-electron chi connectivity index (χ4n) is 3.32. The molecule has 2 fully saturated rings. The smallest absolute Gasteiger partial charge is 0.227 e. The molecule has 0 aromatic carbocycles. The molecule has 2 aliphatic heterocycles. The summed E-state index contributed by atoms with van der Waals surface area (Å²) >= 11 is 0. The monoisotopic (exact) mass is 340 g/mol. The van der Waals surface area contributed by atoms with Crippen LogP contribution < -0.4 is 9.80 Å². The average molecular weight is 340 g/mol. The van der Waals surface area contributed by atoms with Gasteiger partial charge in [-0.2, -0.15) is 4.98 Å². The molecule has 0 radical (unpaired) electrons. The number of aromatic nitrogens is 3. The zero-order valence-corrected chi connectivity index (χ0v) is 14.4. The van der Waals surface area contributed by atoms with Crippen LogP contribution in [0.1, 0.15) is 5.56 Å². The second-order valence-corrected chi connectivity index (χ2v) is 6.44. The highest BCUT2D eigenvalue weighted by Gasteiger charge is 2.20. The normalized spacial score (nSPS) is 19.2. The molecule has 7 nitrogen and oxygen atoms in total. The van der Waals surface area contributed by atoms with Crippen LogP contribution in [0.3, 0.4) is 0 Å². The summed E-state index contributed by atoms with van der Waals surface area (Å²) in [7, 11) is 0. The second kappa shape index (κ2) is 7.76. The molecule has 0 spiro atoms. The second-order valence-electron chi connectivity index (χ2n) is 6.44. The number of anilines is 2. The van der Waals surface area contributed by atoms with Gasteiger partial charge in [-0.15, -0.1) is 0 Å². The number of piperazine rings is 1. The number of ether oxygens (including phenoxy) is 1. The lowest BCUT2D eigenvalue weighted by molar-refractivity contribution is 0.122. The molecule has 0 unspecified atom stereocenters. The zero-order valence-electron chi connectivity index (χ0n) is 14.4. The Bertz CT molecular complexity index is 668. The Morgan fingerprint density at radius 1 is 0.920 bits per heavy atom. The van der Waals surface area contributed by atoms with E-state index in [4.69, 9.17) is 9.72 Å². The Morgan fingerprint density at radius 3 is 2.52 bits per heavy atom. The van der Waals surface area contributed by atoms with Gasteiger partial charge in [-0.1, -0.05) is 6.07 Å². The van der Waals surface area contributed by atoms with E-state index in [2.05, 4.69) is 30.7 Å². The van der Waals surface area contributed by atoms with E-state index < -0.39 is 0 Å². The van der Waals surface area contributed by atoms with Crippen LogP contribution >= 0.6 is 0 Å². The molecule has 0 saturated carbocycles. The minimum absolute atomic E-state index is 0.770. The molecule has 2 saturated heterocycles. The molecule has 4 heterocycles. The van der Waals surface area contributed by atoms with E-state index in [-0.39, 0.29) is 0 Å². The highest BCUT2D eigenvalue weighted by atomic mass is 16.5. The number of morpholine rings is 1. The van der Waals surface area contributed by atoms with Gasteiger partial charge in [0.15, 0.2) is 0 Å². The summed E-state index contributed by atoms with van der Waals surface area (Å²) in [5.74, 6) is 1.84. The van der Waals surface area contributed by atoms with Crippen LogP contribution in [0.15, 0.2) is 36.8 Å². The number of nitrogens with zero attached hydrogens (tertiary/aromatic N) is 6. The highest BCUT2D eigenvalue weighted by Crippen LogP contribution is 2.18. The Labute approximate surface area is 148 Å². The molecule has 0 amide bonds. The van der Waals surface area contributed by atoms with Crippen molar-refractivity contribution in [1.82, 2.24) is 19.9 Å². The molecule has 2 aromatic rings. The summed E-state index contributed by atoms with van der Waals surface area (Å²) in [4.78, 5) is 20.5. The van der Waals surface area contributed by atoms with Gasteiger partial charge in [-0.25, -0.2) is 4.98 Å². The maximum atomic E-state index is 5.42. The van der Waals surface area contributed by atoms with E-state index in [9.17, 15) is 0 Å². The highest BCUT2D eigenvalue weighted by molar-refractivity contribution is 5.44. The van der Waals surface area contributed by atoms with Gasteiger partial charge >= 0.3 is 0 Å². The molecule has 0 bridgehead atoms. The Kier molecular flexibility index (Phi) is 5.03. The van der Waals surface area contributed by atoms with Gasteiger partial charge in [-0.3, -0.25) is 9.88 Å². The minimum Gasteiger partial charge on any atom is -0.378 e. The van der Waals surface area contributed by atoms with Gasteiger partial charge in [0, 0.05) is 64.4 Å². The van der Waals surface area contributed by atoms with Crippen molar-refractivity contribution in [2.45, 2.75) is 6.54 Å². The quantitative estimate of drug-likeness (QED) is 0.824. The maximum absolute atomic E-state index is 5.42. The molecule has 2 aliphatic rings. The molecule has 0 N–H and O–H groups in total. The molecule has 0 atom stereocenters. The lowest BCUT2D eigenvalue weighted by Gasteiger charge is -2.35. The van der Waals surface area contributed by atoms with Gasteiger partial charge in [-0.05, 0) is 17.7 Å². The summed E-state index contributed by atoms with van der Waals surface area (Å²) in [6.07, 6.45) is 5.64. The average Bonchev–Trinajstić information content (AvgIpc) is 2.70. The van der Waals surface area contributed by atoms with Crippen molar-refractivity contribution in [3.05, 3.63) is 42.4 Å². The standard InChI is InChI=1S/C18H24N6O/c1-2-16(14-19-4-1)15-22-6-8-24(9-7-22)18-20-5-3-17(21-18)23-10-12-25-13-11-23/h1-5,14H,6-13,15H2. The Morgan fingerprint density at radius 2 is 1.76 bits per heavy atom. The minimum atomic E-state index is 0.770. The number of hydrogen-bond acceptors (Lipinski definition) is 7. The molecule has 7 heteroatoms. The van der Waals surface area contributed by atoms with Crippen LogP contribution in [-0.4, -0.2) is 72.3 Å². The van der Waals surface area contributed by atoms with Crippen LogP contribution in [0, 0.1) is 0 Å². The summed E-state index contributed by atoms with van der Waals surface area (Å²) in [5.41, 5.74) is 1.27. The summed E-state index contributed by atoms with van der Waals surface area (Å²) in [5, 5.41) is 0. The first-order valence-electron chi connectivity index (χ1n) is 8.90. The van der Waals surface area contributed by atoms with Crippen LogP contribution in [-0.2, 0) is 11.3 Å². The zero-order chi connectivity index (χ0) is 16.9. The van der Waals surface area contributed by atoms with Gasteiger partial charge in [0.25, 0.3) is 0 Å². The summed E-state index contributed by atoms with van der Waals surface area (Å²) in [6.45, 7) is 8.22. The molecule has 132 valence electrons. The van der Waals surface area contributed by atoms with Crippen molar-refractivity contribution < 1.29 is 4.74 Å². The molecule has 4 rings (SSSR count). The Balaban J connectivity index is 1.36. The van der Waals surface area contributed by atoms with Gasteiger partial charge in [0.05, 0.1) is 13.2 Å². The fraction of sp³-hybridized carbons (Fsp3) is 0.500. The first-order chi connectivity index (χ1) is 12.4. The van der Waals surface area contributed by atoms with E-state index in [0.29, 0.717) is 0 Å². The van der Waals surface area contributed by atoms with E-state index in [1.807, 2.05) is 30.7 Å². The fourth-order valence-corrected chi connectivity index (χ4v) is 3.32. The number of hydrogen-bond donors (Lipinski definition) is 0. The van der Waals surface area contributed by atoms with Crippen molar-refractivity contribution >= 4 is 11.8 Å². The van der Waals surface area contributed by atoms with Gasteiger partial charge < -0.3 is 14.5 Å². The van der Waals surface area contributed by atoms with Crippen LogP contribution in [0.4, 0.5) is 11.8 Å². The van der Waals surface area contributed by atoms with Crippen molar-refractivity contribution in [3.63, 3.8) is 0 Å². The van der Waals surface area contributed by atoms with E-state index >= 15 is 0 Å². The molecule has 25 heavy (non-hydrogen) atoms. The van der Waals surface area contributed by atoms with Crippen LogP contribution in [0.25, 0.3) is 0 Å². The molecule has 0 aliphatic carbocycles. The first-order valence-corrected chi connectivity index (χ1v) is 8.90. The van der Waals surface area contributed by atoms with Crippen molar-refractivity contribution in [2.75, 3.05) is 62.3 Å². The number of pyridine rings is 1. The predicted octanol–water partition coefficient (Wildman–Crippen LogP) is 1.03. The lowest BCUT2D eigenvalue weighted by atomic mass is 10.2. The summed E-state index contributed by atoms with van der Waals surface area (Å²) in [6, 6.07) is 6.12. The number of rotatable bonds is 4. The van der Waals surface area contributed by atoms with Crippen molar-refractivity contribution in [1.29, 1.82) is 0 Å². The molecular weight excluding hydrogens is 316 g/mol. The van der Waals surface area contributed by atoms with Crippen molar-refractivity contribution in [3.8, 4) is 0 Å². The van der Waals surface area contributed by atoms with Gasteiger partial charge in [0.2, 0.25) is 5.95 Å². The van der Waals surface area contributed by atoms with Crippen molar-refractivity contribution in [2.24, 2.45) is 0 Å². The van der Waals surface area contributed by atoms with E-state index in [1.54, 1.807) is 0 Å². The lowest BCUT2D eigenvalue weighted by Crippen LogP contribution is -2.46. The summed E-state index contributed by atoms with van der Waals surface area (Å²) < 4.78 is 5.42. The third-order valence-electron chi connectivity index (χ3n) is 4.75. The van der Waals surface area contributed by atoms with Crippen LogP contribution in [0.5, 0.6) is 0 Å². The first kappa shape index (κ1) is 16.2. The largest absolute Gasteiger partial charge is 0.378 e. The van der Waals surface area contributed by atoms with E-state index in [0.717, 1.165) is 70.8 Å². The third kappa shape index (κ3) is 4.05. The predicted molar refractivity (Wildman–Crippen MR) is 96.8 cm³/mol. The van der Waals surface area contributed by atoms with Crippen LogP contribution in [0.2, 0.25) is 0 Å².